The summed E-state index contributed by atoms with van der Waals surface area (Å²) in [6, 6.07) is 13.6. The quantitative estimate of drug-likeness (QED) is 0.402. The second kappa shape index (κ2) is 9.70. The monoisotopic (exact) mass is 451 g/mol. The third-order valence-electron chi connectivity index (χ3n) is 5.65. The van der Waals surface area contributed by atoms with Gasteiger partial charge in [0.25, 0.3) is 11.6 Å². The standard InChI is InChI=1S/C23H25N5O5/c1-32-21-8-3-17(15-22(21)33-2)16-25-11-13-26(14-12-25)23(29)20-9-10-27(24-20)18-4-6-19(7-5-18)28(30)31/h3-10,15H,11-14,16H2,1-2H3. The lowest BCUT2D eigenvalue weighted by atomic mass is 10.1. The number of amides is 1. The van der Waals surface area contributed by atoms with E-state index in [1.54, 1.807) is 48.2 Å². The summed E-state index contributed by atoms with van der Waals surface area (Å²) in [5.74, 6) is 1.28. The van der Waals surface area contributed by atoms with Gasteiger partial charge in [-0.3, -0.25) is 19.8 Å². The van der Waals surface area contributed by atoms with E-state index >= 15 is 0 Å². The lowest BCUT2D eigenvalue weighted by Gasteiger charge is -2.34. The molecule has 1 saturated heterocycles. The van der Waals surface area contributed by atoms with Gasteiger partial charge in [-0.15, -0.1) is 0 Å². The van der Waals surface area contributed by atoms with Crippen molar-refractivity contribution in [2.45, 2.75) is 6.54 Å². The number of non-ortho nitro benzene ring substituents is 1. The maximum absolute atomic E-state index is 12.9. The first kappa shape index (κ1) is 22.3. The zero-order valence-corrected chi connectivity index (χ0v) is 18.5. The highest BCUT2D eigenvalue weighted by Crippen LogP contribution is 2.28. The van der Waals surface area contributed by atoms with Gasteiger partial charge in [-0.05, 0) is 35.9 Å². The highest BCUT2D eigenvalue weighted by Gasteiger charge is 2.24. The van der Waals surface area contributed by atoms with E-state index in [1.807, 2.05) is 18.2 Å². The number of ether oxygens (including phenoxy) is 2. The molecule has 1 aromatic heterocycles. The second-order valence-corrected chi connectivity index (χ2v) is 7.68. The Morgan fingerprint density at radius 2 is 1.70 bits per heavy atom. The number of rotatable bonds is 7. The molecule has 0 N–H and O–H groups in total. The van der Waals surface area contributed by atoms with Crippen LogP contribution < -0.4 is 9.47 Å². The number of nitro groups is 1. The summed E-state index contributed by atoms with van der Waals surface area (Å²) in [5, 5.41) is 15.2. The molecule has 3 aromatic rings. The molecule has 1 aliphatic heterocycles. The average molecular weight is 451 g/mol. The molecule has 1 amide bonds. The number of hydrogen-bond donors (Lipinski definition) is 0. The summed E-state index contributed by atoms with van der Waals surface area (Å²) in [4.78, 5) is 27.4. The van der Waals surface area contributed by atoms with Crippen LogP contribution in [0.4, 0.5) is 5.69 Å². The largest absolute Gasteiger partial charge is 0.493 e. The maximum atomic E-state index is 12.9. The summed E-state index contributed by atoms with van der Waals surface area (Å²) in [5.41, 5.74) is 2.13. The van der Waals surface area contributed by atoms with E-state index in [-0.39, 0.29) is 11.6 Å². The van der Waals surface area contributed by atoms with Crippen LogP contribution >= 0.6 is 0 Å². The number of carbonyl (C=O) groups excluding carboxylic acids is 1. The van der Waals surface area contributed by atoms with Gasteiger partial charge in [0.05, 0.1) is 24.8 Å². The summed E-state index contributed by atoms with van der Waals surface area (Å²) >= 11 is 0. The molecule has 0 unspecified atom stereocenters. The van der Waals surface area contributed by atoms with Crippen molar-refractivity contribution in [1.82, 2.24) is 19.6 Å². The smallest absolute Gasteiger partial charge is 0.274 e. The molecule has 2 heterocycles. The molecular weight excluding hydrogens is 426 g/mol. The van der Waals surface area contributed by atoms with E-state index in [0.717, 1.165) is 25.2 Å². The van der Waals surface area contributed by atoms with Gasteiger partial charge < -0.3 is 14.4 Å². The number of benzene rings is 2. The third-order valence-corrected chi connectivity index (χ3v) is 5.65. The number of carbonyl (C=O) groups is 1. The van der Waals surface area contributed by atoms with Crippen molar-refractivity contribution in [2.75, 3.05) is 40.4 Å². The van der Waals surface area contributed by atoms with E-state index < -0.39 is 4.92 Å². The van der Waals surface area contributed by atoms with Crippen molar-refractivity contribution < 1.29 is 19.2 Å². The van der Waals surface area contributed by atoms with E-state index in [2.05, 4.69) is 10.00 Å². The predicted octanol–water partition coefficient (Wildman–Crippen LogP) is 2.76. The topological polar surface area (TPSA) is 103 Å². The van der Waals surface area contributed by atoms with Gasteiger partial charge in [0.15, 0.2) is 17.2 Å². The Hall–Kier alpha value is -3.92. The predicted molar refractivity (Wildman–Crippen MR) is 121 cm³/mol. The van der Waals surface area contributed by atoms with Crippen LogP contribution in [0.3, 0.4) is 0 Å². The molecule has 0 bridgehead atoms. The zero-order chi connectivity index (χ0) is 23.4. The minimum Gasteiger partial charge on any atom is -0.493 e. The van der Waals surface area contributed by atoms with Crippen molar-refractivity contribution >= 4 is 11.6 Å². The van der Waals surface area contributed by atoms with Crippen LogP contribution in [0, 0.1) is 10.1 Å². The van der Waals surface area contributed by atoms with Crippen LogP contribution in [0.2, 0.25) is 0 Å². The number of nitrogens with zero attached hydrogens (tertiary/aromatic N) is 5. The van der Waals surface area contributed by atoms with Crippen molar-refractivity contribution in [1.29, 1.82) is 0 Å². The number of piperazine rings is 1. The molecule has 172 valence electrons. The Labute approximate surface area is 191 Å². The first-order valence-electron chi connectivity index (χ1n) is 10.5. The van der Waals surface area contributed by atoms with E-state index in [4.69, 9.17) is 9.47 Å². The molecule has 0 aliphatic carbocycles. The highest BCUT2D eigenvalue weighted by molar-refractivity contribution is 5.92. The van der Waals surface area contributed by atoms with Crippen molar-refractivity contribution in [2.24, 2.45) is 0 Å². The molecule has 10 heteroatoms. The minimum atomic E-state index is -0.452. The molecule has 33 heavy (non-hydrogen) atoms. The van der Waals surface area contributed by atoms with Crippen LogP contribution in [0.25, 0.3) is 5.69 Å². The first-order valence-corrected chi connectivity index (χ1v) is 10.5. The second-order valence-electron chi connectivity index (χ2n) is 7.68. The van der Waals surface area contributed by atoms with Crippen LogP contribution in [0.1, 0.15) is 16.1 Å². The van der Waals surface area contributed by atoms with Gasteiger partial charge in [-0.2, -0.15) is 5.10 Å². The number of nitro benzene ring substituents is 1. The maximum Gasteiger partial charge on any atom is 0.274 e. The molecule has 0 radical (unpaired) electrons. The molecule has 0 atom stereocenters. The van der Waals surface area contributed by atoms with Crippen molar-refractivity contribution in [3.8, 4) is 17.2 Å². The van der Waals surface area contributed by atoms with Crippen LogP contribution in [0.15, 0.2) is 54.7 Å². The van der Waals surface area contributed by atoms with Gasteiger partial charge in [0.1, 0.15) is 0 Å². The number of methoxy groups -OCH3 is 2. The van der Waals surface area contributed by atoms with Crippen LogP contribution in [0.5, 0.6) is 11.5 Å². The molecule has 2 aromatic carbocycles. The molecule has 1 fully saturated rings. The summed E-state index contributed by atoms with van der Waals surface area (Å²) in [6.07, 6.45) is 1.68. The fourth-order valence-corrected chi connectivity index (χ4v) is 3.82. The van der Waals surface area contributed by atoms with Gasteiger partial charge in [-0.25, -0.2) is 4.68 Å². The first-order chi connectivity index (χ1) is 16.0. The normalized spacial score (nSPS) is 14.2. The Bertz CT molecular complexity index is 1140. The Balaban J connectivity index is 1.34. The number of hydrogen-bond acceptors (Lipinski definition) is 7. The minimum absolute atomic E-state index is 0.00756. The Morgan fingerprint density at radius 3 is 2.33 bits per heavy atom. The van der Waals surface area contributed by atoms with E-state index in [0.29, 0.717) is 36.0 Å². The molecular formula is C23H25N5O5. The SMILES string of the molecule is COc1ccc(CN2CCN(C(=O)c3ccn(-c4ccc([N+](=O)[O-])cc4)n3)CC2)cc1OC. The lowest BCUT2D eigenvalue weighted by Crippen LogP contribution is -2.48. The van der Waals surface area contributed by atoms with Crippen molar-refractivity contribution in [3.05, 3.63) is 76.1 Å². The Morgan fingerprint density at radius 1 is 1.00 bits per heavy atom. The van der Waals surface area contributed by atoms with Crippen LogP contribution in [-0.2, 0) is 6.54 Å². The summed E-state index contributed by atoms with van der Waals surface area (Å²) < 4.78 is 12.2. The lowest BCUT2D eigenvalue weighted by molar-refractivity contribution is -0.384. The van der Waals surface area contributed by atoms with Crippen molar-refractivity contribution in [3.63, 3.8) is 0 Å². The fraction of sp³-hybridized carbons (Fsp3) is 0.304. The molecule has 4 rings (SSSR count). The molecule has 1 aliphatic rings. The number of aromatic nitrogens is 2. The average Bonchev–Trinajstić information content (AvgIpc) is 3.34. The zero-order valence-electron chi connectivity index (χ0n) is 18.5. The van der Waals surface area contributed by atoms with Gasteiger partial charge >= 0.3 is 0 Å². The fourth-order valence-electron chi connectivity index (χ4n) is 3.82. The summed E-state index contributed by atoms with van der Waals surface area (Å²) in [7, 11) is 3.23. The van der Waals surface area contributed by atoms with Gasteiger partial charge in [0.2, 0.25) is 0 Å². The molecule has 0 saturated carbocycles. The van der Waals surface area contributed by atoms with Gasteiger partial charge in [0, 0.05) is 51.1 Å². The van der Waals surface area contributed by atoms with Crippen LogP contribution in [-0.4, -0.2) is 70.8 Å². The molecule has 0 spiro atoms. The summed E-state index contributed by atoms with van der Waals surface area (Å²) in [6.45, 7) is 3.48. The van der Waals surface area contributed by atoms with Gasteiger partial charge in [-0.1, -0.05) is 6.07 Å². The molecule has 10 nitrogen and oxygen atoms in total. The Kier molecular flexibility index (Phi) is 6.55. The highest BCUT2D eigenvalue weighted by atomic mass is 16.6. The van der Waals surface area contributed by atoms with E-state index in [1.165, 1.54) is 12.1 Å². The third kappa shape index (κ3) is 4.96. The van der Waals surface area contributed by atoms with E-state index in [9.17, 15) is 14.9 Å².